The fourth-order valence-electron chi connectivity index (χ4n) is 4.79. The topological polar surface area (TPSA) is 105 Å². The van der Waals surface area contributed by atoms with Gasteiger partial charge in [-0.15, -0.1) is 0 Å². The number of benzene rings is 2. The number of hydrogen-bond donors (Lipinski definition) is 1. The first kappa shape index (κ1) is 21.9. The summed E-state index contributed by atoms with van der Waals surface area (Å²) < 4.78 is 10.6. The number of anilines is 1. The minimum atomic E-state index is -1.56. The number of para-hydroxylation sites is 1. The van der Waals surface area contributed by atoms with Gasteiger partial charge in [-0.3, -0.25) is 19.3 Å². The third kappa shape index (κ3) is 3.57. The van der Waals surface area contributed by atoms with E-state index in [2.05, 4.69) is 5.32 Å². The first-order valence-corrected chi connectivity index (χ1v) is 11.3. The summed E-state index contributed by atoms with van der Waals surface area (Å²) in [7, 11) is 1.56. The number of fused-ring (bicyclic) bond motifs is 3. The number of hydrogen-bond acceptors (Lipinski definition) is 6. The van der Waals surface area contributed by atoms with Crippen molar-refractivity contribution in [1.82, 2.24) is 10.2 Å². The van der Waals surface area contributed by atoms with Crippen LogP contribution in [0.4, 0.5) is 5.69 Å². The molecule has 1 saturated carbocycles. The molecule has 2 fully saturated rings. The molecular weight excluding hydrogens is 438 g/mol. The maximum absolute atomic E-state index is 13.5. The molecule has 1 saturated heterocycles. The summed E-state index contributed by atoms with van der Waals surface area (Å²) in [6.45, 7) is -0.273. The van der Waals surface area contributed by atoms with E-state index in [-0.39, 0.29) is 37.2 Å². The normalized spacial score (nSPS) is 21.1. The van der Waals surface area contributed by atoms with Gasteiger partial charge in [0, 0.05) is 25.4 Å². The number of carbonyl (C=O) groups is 4. The average molecular weight is 463 g/mol. The highest BCUT2D eigenvalue weighted by molar-refractivity contribution is 6.15. The van der Waals surface area contributed by atoms with Crippen molar-refractivity contribution in [2.24, 2.45) is 0 Å². The van der Waals surface area contributed by atoms with E-state index in [9.17, 15) is 19.2 Å². The molecule has 3 aliphatic rings. The van der Waals surface area contributed by atoms with Gasteiger partial charge in [-0.1, -0.05) is 24.3 Å². The Kier molecular flexibility index (Phi) is 5.47. The van der Waals surface area contributed by atoms with Crippen LogP contribution >= 0.6 is 0 Å². The molecule has 3 amide bonds. The van der Waals surface area contributed by atoms with Crippen LogP contribution in [0.15, 0.2) is 48.5 Å². The molecule has 2 aromatic carbocycles. The van der Waals surface area contributed by atoms with Crippen LogP contribution in [-0.2, 0) is 25.7 Å². The minimum Gasteiger partial charge on any atom is -0.497 e. The molecule has 0 spiro atoms. The summed E-state index contributed by atoms with van der Waals surface area (Å²) in [5, 5.41) is 2.71. The summed E-state index contributed by atoms with van der Waals surface area (Å²) in [6.07, 6.45) is 1.76. The zero-order chi connectivity index (χ0) is 23.9. The number of esters is 1. The van der Waals surface area contributed by atoms with Crippen LogP contribution in [0.5, 0.6) is 5.75 Å². The van der Waals surface area contributed by atoms with Crippen molar-refractivity contribution in [3.63, 3.8) is 0 Å². The molecule has 9 heteroatoms. The third-order valence-electron chi connectivity index (χ3n) is 6.50. The zero-order valence-electron chi connectivity index (χ0n) is 18.8. The summed E-state index contributed by atoms with van der Waals surface area (Å²) >= 11 is 0. The quantitative estimate of drug-likeness (QED) is 0.630. The predicted octanol–water partition coefficient (Wildman–Crippen LogP) is 2.00. The van der Waals surface area contributed by atoms with Crippen LogP contribution < -0.4 is 15.0 Å². The number of methoxy groups -OCH3 is 1. The lowest BCUT2D eigenvalue weighted by molar-refractivity contribution is -0.160. The average Bonchev–Trinajstić information content (AvgIpc) is 3.63. The number of nitrogens with one attached hydrogen (secondary N) is 1. The van der Waals surface area contributed by atoms with Gasteiger partial charge in [0.05, 0.1) is 18.4 Å². The van der Waals surface area contributed by atoms with Gasteiger partial charge in [0.15, 0.2) is 6.61 Å². The monoisotopic (exact) mass is 463 g/mol. The standard InChI is InChI=1S/C25H25N3O6/c1-33-18-6-4-5-16(13-18)14-26-21(29)15-34-24(32)25-12-11-22(30)28(25)20-8-3-2-7-19(20)23(31)27(25)17-9-10-17/h2-8,13,17H,9-12,14-15H2,1H3,(H,26,29). The lowest BCUT2D eigenvalue weighted by atomic mass is 9.96. The Morgan fingerprint density at radius 2 is 1.91 bits per heavy atom. The lowest BCUT2D eigenvalue weighted by Crippen LogP contribution is -2.69. The van der Waals surface area contributed by atoms with Gasteiger partial charge in [-0.25, -0.2) is 4.79 Å². The van der Waals surface area contributed by atoms with Crippen molar-refractivity contribution in [3.8, 4) is 5.75 Å². The van der Waals surface area contributed by atoms with Gasteiger partial charge in [0.1, 0.15) is 5.75 Å². The van der Waals surface area contributed by atoms with E-state index in [0.717, 1.165) is 18.4 Å². The molecule has 1 aliphatic carbocycles. The first-order valence-electron chi connectivity index (χ1n) is 11.3. The second-order valence-electron chi connectivity index (χ2n) is 8.67. The summed E-state index contributed by atoms with van der Waals surface area (Å²) in [5.74, 6) is -1.10. The molecule has 9 nitrogen and oxygen atoms in total. The van der Waals surface area contributed by atoms with Gasteiger partial charge in [0.25, 0.3) is 11.8 Å². The van der Waals surface area contributed by atoms with Crippen molar-refractivity contribution in [2.75, 3.05) is 18.6 Å². The molecule has 0 bridgehead atoms. The van der Waals surface area contributed by atoms with Gasteiger partial charge in [0.2, 0.25) is 11.6 Å². The number of ether oxygens (including phenoxy) is 2. The van der Waals surface area contributed by atoms with Gasteiger partial charge in [-0.05, 0) is 42.7 Å². The van der Waals surface area contributed by atoms with E-state index in [1.807, 2.05) is 12.1 Å². The van der Waals surface area contributed by atoms with E-state index in [4.69, 9.17) is 9.47 Å². The van der Waals surface area contributed by atoms with E-state index >= 15 is 0 Å². The molecule has 176 valence electrons. The van der Waals surface area contributed by atoms with Crippen LogP contribution in [0.3, 0.4) is 0 Å². The summed E-state index contributed by atoms with van der Waals surface area (Å²) in [6, 6.07) is 13.9. The number of carbonyl (C=O) groups excluding carboxylic acids is 4. The van der Waals surface area contributed by atoms with E-state index in [1.54, 1.807) is 43.5 Å². The SMILES string of the molecule is COc1cccc(CNC(=O)COC(=O)C23CCC(=O)N2c2ccccc2C(=O)N3C2CC2)c1. The lowest BCUT2D eigenvalue weighted by Gasteiger charge is -2.48. The molecule has 5 rings (SSSR count). The molecule has 2 aliphatic heterocycles. The van der Waals surface area contributed by atoms with E-state index in [0.29, 0.717) is 17.0 Å². The van der Waals surface area contributed by atoms with Crippen LogP contribution in [-0.4, -0.2) is 54.0 Å². The maximum atomic E-state index is 13.5. The van der Waals surface area contributed by atoms with Crippen molar-refractivity contribution < 1.29 is 28.7 Å². The van der Waals surface area contributed by atoms with Gasteiger partial charge >= 0.3 is 5.97 Å². The van der Waals surface area contributed by atoms with Crippen LogP contribution in [0.1, 0.15) is 41.6 Å². The van der Waals surface area contributed by atoms with Crippen LogP contribution in [0, 0.1) is 0 Å². The van der Waals surface area contributed by atoms with Crippen LogP contribution in [0.25, 0.3) is 0 Å². The molecule has 34 heavy (non-hydrogen) atoms. The molecule has 1 N–H and O–H groups in total. The molecule has 1 atom stereocenters. The van der Waals surface area contributed by atoms with Crippen molar-refractivity contribution in [3.05, 3.63) is 59.7 Å². The maximum Gasteiger partial charge on any atom is 0.354 e. The second kappa shape index (κ2) is 8.48. The van der Waals surface area contributed by atoms with Crippen molar-refractivity contribution in [2.45, 2.75) is 43.9 Å². The second-order valence-corrected chi connectivity index (χ2v) is 8.67. The summed E-state index contributed by atoms with van der Waals surface area (Å²) in [5.41, 5.74) is 0.0755. The molecule has 1 unspecified atom stereocenters. The highest BCUT2D eigenvalue weighted by atomic mass is 16.5. The Morgan fingerprint density at radius 3 is 2.68 bits per heavy atom. The third-order valence-corrected chi connectivity index (χ3v) is 6.50. The molecule has 2 aromatic rings. The molecule has 0 aromatic heterocycles. The Morgan fingerprint density at radius 1 is 1.12 bits per heavy atom. The number of rotatable bonds is 7. The Balaban J connectivity index is 1.34. The summed E-state index contributed by atoms with van der Waals surface area (Å²) in [4.78, 5) is 55.1. The Bertz CT molecular complexity index is 1180. The zero-order valence-corrected chi connectivity index (χ0v) is 18.8. The number of nitrogens with zero attached hydrogens (tertiary/aromatic N) is 2. The van der Waals surface area contributed by atoms with Crippen molar-refractivity contribution >= 4 is 29.4 Å². The largest absolute Gasteiger partial charge is 0.497 e. The number of amides is 3. The molecule has 0 radical (unpaired) electrons. The smallest absolute Gasteiger partial charge is 0.354 e. The highest BCUT2D eigenvalue weighted by Crippen LogP contribution is 2.49. The molecular formula is C25H25N3O6. The van der Waals surface area contributed by atoms with Gasteiger partial charge < -0.3 is 19.7 Å². The fraction of sp³-hybridized carbons (Fsp3) is 0.360. The Labute approximate surface area is 196 Å². The fourth-order valence-corrected chi connectivity index (χ4v) is 4.79. The molecule has 2 heterocycles. The minimum absolute atomic E-state index is 0.113. The van der Waals surface area contributed by atoms with Crippen LogP contribution in [0.2, 0.25) is 0 Å². The van der Waals surface area contributed by atoms with Gasteiger partial charge in [-0.2, -0.15) is 0 Å². The Hall–Kier alpha value is -3.88. The van der Waals surface area contributed by atoms with Crippen molar-refractivity contribution in [1.29, 1.82) is 0 Å². The predicted molar refractivity (Wildman–Crippen MR) is 121 cm³/mol. The van der Waals surface area contributed by atoms with E-state index < -0.39 is 24.1 Å². The van der Waals surface area contributed by atoms with E-state index in [1.165, 1.54) is 9.80 Å². The highest BCUT2D eigenvalue weighted by Gasteiger charge is 2.64. The first-order chi connectivity index (χ1) is 16.5.